The fourth-order valence-corrected chi connectivity index (χ4v) is 4.50. The van der Waals surface area contributed by atoms with Crippen molar-refractivity contribution in [3.8, 4) is 0 Å². The van der Waals surface area contributed by atoms with Crippen molar-refractivity contribution in [2.24, 2.45) is 0 Å². The monoisotopic (exact) mass is 501 g/mol. The average Bonchev–Trinajstić information content (AvgIpc) is 2.89. The van der Waals surface area contributed by atoms with Gasteiger partial charge in [0.15, 0.2) is 5.79 Å². The van der Waals surface area contributed by atoms with Crippen LogP contribution in [0, 0.1) is 6.92 Å². The summed E-state index contributed by atoms with van der Waals surface area (Å²) in [6.07, 6.45) is 4.86. The van der Waals surface area contributed by atoms with Crippen LogP contribution in [0.3, 0.4) is 0 Å². The first-order valence-corrected chi connectivity index (χ1v) is 12.0. The van der Waals surface area contributed by atoms with Crippen molar-refractivity contribution >= 4 is 40.6 Å². The molecule has 0 atom stereocenters. The molecule has 0 aliphatic carbocycles. The van der Waals surface area contributed by atoms with Crippen LogP contribution in [-0.2, 0) is 21.7 Å². The van der Waals surface area contributed by atoms with Crippen molar-refractivity contribution < 1.29 is 19.4 Å². The summed E-state index contributed by atoms with van der Waals surface area (Å²) in [6.45, 7) is 1.88. The number of carboxylic acids is 1. The molecule has 0 amide bonds. The summed E-state index contributed by atoms with van der Waals surface area (Å²) in [6, 6.07) is 23.0. The Morgan fingerprint density at radius 1 is 1.00 bits per heavy atom. The molecular formula is C30H28ClNO4. The minimum atomic E-state index is -1.03. The lowest BCUT2D eigenvalue weighted by Gasteiger charge is -2.32. The van der Waals surface area contributed by atoms with E-state index in [0.29, 0.717) is 23.4 Å². The van der Waals surface area contributed by atoms with Gasteiger partial charge in [-0.25, -0.2) is 9.78 Å². The predicted octanol–water partition coefficient (Wildman–Crippen LogP) is 7.14. The van der Waals surface area contributed by atoms with Crippen molar-refractivity contribution in [2.45, 2.75) is 25.6 Å². The summed E-state index contributed by atoms with van der Waals surface area (Å²) in [5, 5.41) is 11.3. The lowest BCUT2D eigenvalue weighted by atomic mass is 9.93. The SMILES string of the molecule is COC(CCc1ccc(C)cc1C(=O)O)(OC)c1cccc(/C=C/c2ccc3ccc(Cl)cc3n2)c1. The number of nitrogens with zero attached hydrogens (tertiary/aromatic N) is 1. The molecule has 4 rings (SSSR count). The van der Waals surface area contributed by atoms with Crippen LogP contribution in [-0.4, -0.2) is 30.3 Å². The van der Waals surface area contributed by atoms with Crippen LogP contribution in [0.4, 0.5) is 0 Å². The average molecular weight is 502 g/mol. The molecule has 4 aromatic rings. The zero-order chi connectivity index (χ0) is 25.7. The van der Waals surface area contributed by atoms with Crippen molar-refractivity contribution in [3.05, 3.63) is 111 Å². The molecule has 0 aliphatic heterocycles. The Hall–Kier alpha value is -3.51. The number of hydrogen-bond acceptors (Lipinski definition) is 4. The molecule has 0 aliphatic rings. The van der Waals surface area contributed by atoms with Crippen LogP contribution in [0.5, 0.6) is 0 Å². The number of fused-ring (bicyclic) bond motifs is 1. The number of ether oxygens (including phenoxy) is 2. The minimum Gasteiger partial charge on any atom is -0.478 e. The highest BCUT2D eigenvalue weighted by Crippen LogP contribution is 2.33. The number of methoxy groups -OCH3 is 2. The molecular weight excluding hydrogens is 474 g/mol. The van der Waals surface area contributed by atoms with Gasteiger partial charge in [0, 0.05) is 36.6 Å². The third kappa shape index (κ3) is 5.65. The maximum Gasteiger partial charge on any atom is 0.335 e. The number of rotatable bonds is 9. The Labute approximate surface area is 216 Å². The molecule has 3 aromatic carbocycles. The van der Waals surface area contributed by atoms with Gasteiger partial charge in [-0.3, -0.25) is 0 Å². The third-order valence-corrected chi connectivity index (χ3v) is 6.56. The second kappa shape index (κ2) is 11.0. The van der Waals surface area contributed by atoms with Gasteiger partial charge >= 0.3 is 5.97 Å². The summed E-state index contributed by atoms with van der Waals surface area (Å²) >= 11 is 6.12. The van der Waals surface area contributed by atoms with Crippen LogP contribution in [0.25, 0.3) is 23.1 Å². The van der Waals surface area contributed by atoms with Gasteiger partial charge in [0.05, 0.1) is 16.8 Å². The zero-order valence-corrected chi connectivity index (χ0v) is 21.3. The number of aromatic carboxylic acids is 1. The summed E-state index contributed by atoms with van der Waals surface area (Å²) in [4.78, 5) is 16.4. The highest BCUT2D eigenvalue weighted by atomic mass is 35.5. The summed E-state index contributed by atoms with van der Waals surface area (Å²) in [5.74, 6) is -1.96. The lowest BCUT2D eigenvalue weighted by molar-refractivity contribution is -0.219. The van der Waals surface area contributed by atoms with E-state index < -0.39 is 11.8 Å². The van der Waals surface area contributed by atoms with E-state index in [1.54, 1.807) is 20.3 Å². The number of aryl methyl sites for hydroxylation is 2. The van der Waals surface area contributed by atoms with Gasteiger partial charge in [-0.15, -0.1) is 0 Å². The van der Waals surface area contributed by atoms with Crippen LogP contribution < -0.4 is 0 Å². The maximum atomic E-state index is 11.7. The Morgan fingerprint density at radius 2 is 1.78 bits per heavy atom. The Balaban J connectivity index is 1.59. The molecule has 36 heavy (non-hydrogen) atoms. The number of carboxylic acid groups (broad SMARTS) is 1. The fourth-order valence-electron chi connectivity index (χ4n) is 4.33. The van der Waals surface area contributed by atoms with E-state index in [4.69, 9.17) is 21.1 Å². The Kier molecular flexibility index (Phi) is 7.85. The number of carbonyl (C=O) groups is 1. The molecule has 184 valence electrons. The first-order valence-electron chi connectivity index (χ1n) is 11.6. The smallest absolute Gasteiger partial charge is 0.335 e. The first-order chi connectivity index (χ1) is 17.3. The second-order valence-electron chi connectivity index (χ2n) is 8.66. The molecule has 0 radical (unpaired) electrons. The molecule has 0 unspecified atom stereocenters. The summed E-state index contributed by atoms with van der Waals surface area (Å²) in [7, 11) is 3.20. The summed E-state index contributed by atoms with van der Waals surface area (Å²) < 4.78 is 11.8. The highest BCUT2D eigenvalue weighted by molar-refractivity contribution is 6.31. The number of aromatic nitrogens is 1. The van der Waals surface area contributed by atoms with Crippen LogP contribution >= 0.6 is 11.6 Å². The largest absolute Gasteiger partial charge is 0.478 e. The Bertz CT molecular complexity index is 1430. The summed E-state index contributed by atoms with van der Waals surface area (Å²) in [5.41, 5.74) is 5.41. The van der Waals surface area contributed by atoms with Gasteiger partial charge in [0.25, 0.3) is 0 Å². The zero-order valence-electron chi connectivity index (χ0n) is 20.5. The molecule has 0 spiro atoms. The second-order valence-corrected chi connectivity index (χ2v) is 9.10. The van der Waals surface area contributed by atoms with Gasteiger partial charge in [0.2, 0.25) is 0 Å². The molecule has 1 heterocycles. The fraction of sp³-hybridized carbons (Fsp3) is 0.200. The van der Waals surface area contributed by atoms with E-state index in [9.17, 15) is 9.90 Å². The van der Waals surface area contributed by atoms with Gasteiger partial charge in [-0.05, 0) is 60.9 Å². The quantitative estimate of drug-likeness (QED) is 0.247. The van der Waals surface area contributed by atoms with Gasteiger partial charge < -0.3 is 14.6 Å². The normalized spacial score (nSPS) is 11.9. The highest BCUT2D eigenvalue weighted by Gasteiger charge is 2.32. The lowest BCUT2D eigenvalue weighted by Crippen LogP contribution is -2.31. The van der Waals surface area contributed by atoms with E-state index >= 15 is 0 Å². The van der Waals surface area contributed by atoms with Gasteiger partial charge in [0.1, 0.15) is 0 Å². The Morgan fingerprint density at radius 3 is 2.53 bits per heavy atom. The molecule has 0 saturated heterocycles. The van der Waals surface area contributed by atoms with E-state index in [0.717, 1.165) is 38.9 Å². The van der Waals surface area contributed by atoms with Crippen molar-refractivity contribution in [1.82, 2.24) is 4.98 Å². The predicted molar refractivity (Wildman–Crippen MR) is 144 cm³/mol. The molecule has 6 heteroatoms. The molecule has 0 saturated carbocycles. The minimum absolute atomic E-state index is 0.303. The van der Waals surface area contributed by atoms with E-state index in [2.05, 4.69) is 4.98 Å². The maximum absolute atomic E-state index is 11.7. The first kappa shape index (κ1) is 25.6. The molecule has 1 N–H and O–H groups in total. The molecule has 0 bridgehead atoms. The van der Waals surface area contributed by atoms with Gasteiger partial charge in [-0.1, -0.05) is 65.7 Å². The molecule has 5 nitrogen and oxygen atoms in total. The standard InChI is InChI=1S/C30H28ClNO4/c1-20-7-9-22(27(17-20)29(33)34)15-16-30(35-2,36-3)24-6-4-5-21(18-24)8-13-26-14-11-23-10-12-25(31)19-28(23)32-26/h4-14,17-19H,15-16H2,1-3H3,(H,33,34)/b13-8+. The molecule has 1 aromatic heterocycles. The van der Waals surface area contributed by atoms with Crippen LogP contribution in [0.1, 0.15) is 44.7 Å². The topological polar surface area (TPSA) is 68.7 Å². The van der Waals surface area contributed by atoms with Crippen molar-refractivity contribution in [3.63, 3.8) is 0 Å². The third-order valence-electron chi connectivity index (χ3n) is 6.33. The van der Waals surface area contributed by atoms with Crippen LogP contribution in [0.2, 0.25) is 5.02 Å². The van der Waals surface area contributed by atoms with Crippen LogP contribution in [0.15, 0.2) is 72.8 Å². The number of pyridine rings is 1. The number of benzene rings is 3. The van der Waals surface area contributed by atoms with E-state index in [1.807, 2.05) is 85.8 Å². The van der Waals surface area contributed by atoms with E-state index in [-0.39, 0.29) is 0 Å². The molecule has 0 fully saturated rings. The van der Waals surface area contributed by atoms with E-state index in [1.165, 1.54) is 0 Å². The van der Waals surface area contributed by atoms with Gasteiger partial charge in [-0.2, -0.15) is 0 Å². The number of halogens is 1. The number of hydrogen-bond donors (Lipinski definition) is 1. The van der Waals surface area contributed by atoms with Crippen molar-refractivity contribution in [1.29, 1.82) is 0 Å². The van der Waals surface area contributed by atoms with Crippen molar-refractivity contribution in [2.75, 3.05) is 14.2 Å².